The molecule has 0 unspecified atom stereocenters. The van der Waals surface area contributed by atoms with Gasteiger partial charge in [0.05, 0.1) is 18.7 Å². The van der Waals surface area contributed by atoms with Crippen LogP contribution in [0.15, 0.2) is 0 Å². The molecule has 0 saturated carbocycles. The number of nitriles is 1. The number of aryl methyl sites for hydroxylation is 1. The largest absolute Gasteiger partial charge is 0.401 e. The van der Waals surface area contributed by atoms with Crippen molar-refractivity contribution in [1.82, 2.24) is 5.32 Å². The Morgan fingerprint density at radius 1 is 1.42 bits per heavy atom. The fourth-order valence-corrected chi connectivity index (χ4v) is 2.37. The van der Waals surface area contributed by atoms with Gasteiger partial charge in [0.25, 0.3) is 0 Å². The van der Waals surface area contributed by atoms with E-state index >= 15 is 0 Å². The van der Waals surface area contributed by atoms with Gasteiger partial charge < -0.3 is 10.6 Å². The number of halogens is 3. The zero-order chi connectivity index (χ0) is 14.6. The zero-order valence-electron chi connectivity index (χ0n) is 10.3. The number of amides is 1. The Hall–Kier alpha value is -1.59. The number of hydrogen-bond acceptors (Lipinski definition) is 4. The van der Waals surface area contributed by atoms with E-state index in [1.54, 1.807) is 13.8 Å². The lowest BCUT2D eigenvalue weighted by atomic mass is 10.2. The molecular formula is C11H12F3N3OS. The molecule has 19 heavy (non-hydrogen) atoms. The second-order valence-corrected chi connectivity index (χ2v) is 5.09. The second-order valence-electron chi connectivity index (χ2n) is 3.87. The maximum absolute atomic E-state index is 11.9. The highest BCUT2D eigenvalue weighted by Gasteiger charge is 2.26. The Morgan fingerprint density at radius 2 is 2.05 bits per heavy atom. The molecule has 1 heterocycles. The molecule has 0 bridgehead atoms. The van der Waals surface area contributed by atoms with Crippen molar-refractivity contribution in [2.24, 2.45) is 0 Å². The molecule has 1 aromatic heterocycles. The van der Waals surface area contributed by atoms with Crippen molar-refractivity contribution in [3.63, 3.8) is 0 Å². The van der Waals surface area contributed by atoms with Crippen LogP contribution < -0.4 is 10.6 Å². The summed E-state index contributed by atoms with van der Waals surface area (Å²) >= 11 is 1.23. The van der Waals surface area contributed by atoms with Crippen molar-refractivity contribution in [3.8, 4) is 6.07 Å². The first-order valence-corrected chi connectivity index (χ1v) is 6.13. The molecule has 0 aliphatic rings. The number of nitrogens with zero attached hydrogens (tertiary/aromatic N) is 1. The van der Waals surface area contributed by atoms with Gasteiger partial charge in [0.15, 0.2) is 0 Å². The molecule has 0 aliphatic heterocycles. The highest BCUT2D eigenvalue weighted by molar-refractivity contribution is 7.16. The third-order valence-electron chi connectivity index (χ3n) is 2.36. The summed E-state index contributed by atoms with van der Waals surface area (Å²) in [5.41, 5.74) is 1.12. The first-order chi connectivity index (χ1) is 8.74. The maximum Gasteiger partial charge on any atom is 0.401 e. The summed E-state index contributed by atoms with van der Waals surface area (Å²) in [6.07, 6.45) is -4.35. The molecule has 0 aromatic carbocycles. The molecule has 4 nitrogen and oxygen atoms in total. The molecule has 0 saturated heterocycles. The van der Waals surface area contributed by atoms with Crippen LogP contribution in [0.3, 0.4) is 0 Å². The summed E-state index contributed by atoms with van der Waals surface area (Å²) in [6.45, 7) is 1.87. The Bertz CT molecular complexity index is 516. The average molecular weight is 291 g/mol. The van der Waals surface area contributed by atoms with Gasteiger partial charge in [0.1, 0.15) is 11.1 Å². The summed E-state index contributed by atoms with van der Waals surface area (Å²) < 4.78 is 35.6. The molecule has 1 rings (SSSR count). The summed E-state index contributed by atoms with van der Waals surface area (Å²) in [6, 6.07) is 1.97. The van der Waals surface area contributed by atoms with Gasteiger partial charge in [-0.3, -0.25) is 4.79 Å². The molecule has 2 N–H and O–H groups in total. The average Bonchev–Trinajstić information content (AvgIpc) is 2.52. The molecule has 0 spiro atoms. The normalized spacial score (nSPS) is 11.2. The van der Waals surface area contributed by atoms with E-state index in [0.717, 1.165) is 10.4 Å². The van der Waals surface area contributed by atoms with Crippen molar-refractivity contribution in [2.75, 3.05) is 18.4 Å². The SMILES string of the molecule is Cc1sc(NC(=O)CNCC(F)(F)F)c(C#N)c1C. The Kier molecular flexibility index (Phi) is 4.91. The smallest absolute Gasteiger partial charge is 0.315 e. The third-order valence-corrected chi connectivity index (χ3v) is 3.48. The van der Waals surface area contributed by atoms with Gasteiger partial charge in [-0.05, 0) is 19.4 Å². The zero-order valence-corrected chi connectivity index (χ0v) is 11.1. The maximum atomic E-state index is 11.9. The van der Waals surface area contributed by atoms with Crippen molar-refractivity contribution in [1.29, 1.82) is 5.26 Å². The molecule has 8 heteroatoms. The topological polar surface area (TPSA) is 64.9 Å². The van der Waals surface area contributed by atoms with Gasteiger partial charge in [0.2, 0.25) is 5.91 Å². The molecule has 0 atom stereocenters. The lowest BCUT2D eigenvalue weighted by Gasteiger charge is -2.08. The predicted octanol–water partition coefficient (Wildman–Crippen LogP) is 2.33. The first-order valence-electron chi connectivity index (χ1n) is 5.32. The van der Waals surface area contributed by atoms with Crippen molar-refractivity contribution < 1.29 is 18.0 Å². The summed E-state index contributed by atoms with van der Waals surface area (Å²) in [7, 11) is 0. The van der Waals surface area contributed by atoms with E-state index in [1.807, 2.05) is 11.4 Å². The van der Waals surface area contributed by atoms with E-state index in [-0.39, 0.29) is 0 Å². The molecule has 104 valence electrons. The minimum Gasteiger partial charge on any atom is -0.315 e. The van der Waals surface area contributed by atoms with Gasteiger partial charge in [0, 0.05) is 4.88 Å². The van der Waals surface area contributed by atoms with Gasteiger partial charge in [-0.15, -0.1) is 11.3 Å². The van der Waals surface area contributed by atoms with Crippen LogP contribution >= 0.6 is 11.3 Å². The molecule has 0 fully saturated rings. The van der Waals surface area contributed by atoms with Crippen LogP contribution in [-0.4, -0.2) is 25.2 Å². The van der Waals surface area contributed by atoms with Crippen LogP contribution in [0.5, 0.6) is 0 Å². The minimum absolute atomic E-state index is 0.353. The van der Waals surface area contributed by atoms with E-state index in [4.69, 9.17) is 5.26 Å². The van der Waals surface area contributed by atoms with Crippen molar-refractivity contribution in [2.45, 2.75) is 20.0 Å². The second kappa shape index (κ2) is 6.04. The lowest BCUT2D eigenvalue weighted by molar-refractivity contribution is -0.126. The lowest BCUT2D eigenvalue weighted by Crippen LogP contribution is -2.35. The van der Waals surface area contributed by atoms with Crippen LogP contribution in [0, 0.1) is 25.2 Å². The van der Waals surface area contributed by atoms with E-state index in [2.05, 4.69) is 5.32 Å². The Labute approximate surface area is 112 Å². The number of thiophene rings is 1. The van der Waals surface area contributed by atoms with Gasteiger partial charge in [-0.25, -0.2) is 0 Å². The number of carbonyl (C=O) groups excluding carboxylic acids is 1. The number of alkyl halides is 3. The van der Waals surface area contributed by atoms with Crippen LogP contribution in [0.4, 0.5) is 18.2 Å². The van der Waals surface area contributed by atoms with Crippen LogP contribution in [0.25, 0.3) is 0 Å². The van der Waals surface area contributed by atoms with Crippen molar-refractivity contribution in [3.05, 3.63) is 16.0 Å². The number of anilines is 1. The summed E-state index contributed by atoms with van der Waals surface area (Å²) in [4.78, 5) is 12.3. The Balaban J connectivity index is 2.59. The molecule has 1 aromatic rings. The summed E-state index contributed by atoms with van der Waals surface area (Å²) in [5.74, 6) is -0.609. The highest BCUT2D eigenvalue weighted by Crippen LogP contribution is 2.31. The van der Waals surface area contributed by atoms with Gasteiger partial charge in [-0.2, -0.15) is 18.4 Å². The predicted molar refractivity (Wildman–Crippen MR) is 66.1 cm³/mol. The highest BCUT2D eigenvalue weighted by atomic mass is 32.1. The van der Waals surface area contributed by atoms with E-state index in [0.29, 0.717) is 10.6 Å². The summed E-state index contributed by atoms with van der Waals surface area (Å²) in [5, 5.41) is 13.7. The van der Waals surface area contributed by atoms with Crippen LogP contribution in [0.2, 0.25) is 0 Å². The fraction of sp³-hybridized carbons (Fsp3) is 0.455. The van der Waals surface area contributed by atoms with E-state index in [9.17, 15) is 18.0 Å². The molecular weight excluding hydrogens is 279 g/mol. The van der Waals surface area contributed by atoms with Gasteiger partial charge >= 0.3 is 6.18 Å². The van der Waals surface area contributed by atoms with E-state index < -0.39 is 25.2 Å². The molecule has 1 amide bonds. The standard InChI is InChI=1S/C11H12F3N3OS/c1-6-7(2)19-10(8(6)3-15)17-9(18)4-16-5-11(12,13)14/h16H,4-5H2,1-2H3,(H,17,18). The number of rotatable bonds is 4. The van der Waals surface area contributed by atoms with Crippen molar-refractivity contribution >= 4 is 22.2 Å². The monoisotopic (exact) mass is 291 g/mol. The molecule has 0 radical (unpaired) electrons. The van der Waals surface area contributed by atoms with Crippen LogP contribution in [0.1, 0.15) is 16.0 Å². The quantitative estimate of drug-likeness (QED) is 0.895. The third kappa shape index (κ3) is 4.54. The number of nitrogens with one attached hydrogen (secondary N) is 2. The first kappa shape index (κ1) is 15.5. The molecule has 0 aliphatic carbocycles. The van der Waals surface area contributed by atoms with Crippen LogP contribution in [-0.2, 0) is 4.79 Å². The number of hydrogen-bond donors (Lipinski definition) is 2. The van der Waals surface area contributed by atoms with Gasteiger partial charge in [-0.1, -0.05) is 0 Å². The fourth-order valence-electron chi connectivity index (χ4n) is 1.34. The van der Waals surface area contributed by atoms with E-state index in [1.165, 1.54) is 11.3 Å². The minimum atomic E-state index is -4.35. The Morgan fingerprint density at radius 3 is 2.58 bits per heavy atom. The number of carbonyl (C=O) groups is 1.